The van der Waals surface area contributed by atoms with Crippen LogP contribution in [0.15, 0.2) is 34.8 Å². The van der Waals surface area contributed by atoms with E-state index in [-0.39, 0.29) is 17.6 Å². The van der Waals surface area contributed by atoms with E-state index < -0.39 is 0 Å². The van der Waals surface area contributed by atoms with E-state index in [4.69, 9.17) is 4.74 Å². The summed E-state index contributed by atoms with van der Waals surface area (Å²) >= 11 is 3.53. The molecule has 0 spiro atoms. The van der Waals surface area contributed by atoms with E-state index in [2.05, 4.69) is 45.7 Å². The first-order chi connectivity index (χ1) is 17.2. The molecule has 6 nitrogen and oxygen atoms in total. The van der Waals surface area contributed by atoms with Crippen LogP contribution in [-0.2, 0) is 11.2 Å². The Hall–Kier alpha value is -2.38. The number of Topliss-reactive ketones (excluding diaryl/α,β-unsaturated/α-hetero) is 1. The third-order valence-electron chi connectivity index (χ3n) is 6.69. The molecule has 0 aliphatic heterocycles. The summed E-state index contributed by atoms with van der Waals surface area (Å²) in [7, 11) is 3.56. The number of methoxy groups -OCH3 is 1. The number of halogens is 1. The van der Waals surface area contributed by atoms with E-state index in [1.54, 1.807) is 14.0 Å². The molecule has 0 saturated heterocycles. The molecule has 0 atom stereocenters. The molecule has 0 aromatic heterocycles. The molecule has 0 radical (unpaired) electrons. The highest BCUT2D eigenvalue weighted by Crippen LogP contribution is 2.30. The molecule has 7 heteroatoms. The number of carbonyl (C=O) groups is 2. The molecule has 0 bridgehead atoms. The van der Waals surface area contributed by atoms with Crippen LogP contribution in [0.2, 0.25) is 0 Å². The van der Waals surface area contributed by atoms with Crippen LogP contribution in [0.3, 0.4) is 0 Å². The number of nitrogens with one attached hydrogen (secondary N) is 3. The maximum Gasteiger partial charge on any atom is 0.227 e. The normalized spacial score (nSPS) is 17.0. The first-order valence-electron chi connectivity index (χ1n) is 12.9. The number of amides is 1. The maximum absolute atomic E-state index is 12.2. The number of hydrogen-bond donors (Lipinski definition) is 3. The van der Waals surface area contributed by atoms with Gasteiger partial charge in [0.25, 0.3) is 0 Å². The Morgan fingerprint density at radius 1 is 1.06 bits per heavy atom. The van der Waals surface area contributed by atoms with Crippen molar-refractivity contribution in [2.75, 3.05) is 37.9 Å². The van der Waals surface area contributed by atoms with Crippen LogP contribution >= 0.6 is 15.9 Å². The summed E-state index contributed by atoms with van der Waals surface area (Å²) in [6.45, 7) is 9.65. The first-order valence-corrected chi connectivity index (χ1v) is 13.7. The minimum absolute atomic E-state index is 0.111. The Morgan fingerprint density at radius 3 is 2.33 bits per heavy atom. The highest BCUT2D eigenvalue weighted by atomic mass is 79.9. The molecule has 0 heterocycles. The molecule has 1 amide bonds. The second-order valence-corrected chi connectivity index (χ2v) is 10.4. The summed E-state index contributed by atoms with van der Waals surface area (Å²) in [6, 6.07) is 9.75. The standard InChI is InChI=1S/C16H23NO2.C13H19BrN2O/c1-11-4-7-13(8-5-11)16(18)17-14-9-6-12(2)15(10-14)19-3;1-4-11-12(9(2)17)7-10(8-13(11)14)16-6-5-15-3/h6,9-11,13H,4-5,7-8H2,1-3H3,(H,17,18);7-8,15-16H,4-6H2,1-3H3. The Balaban J connectivity index is 0.000000255. The Morgan fingerprint density at radius 2 is 1.75 bits per heavy atom. The first kappa shape index (κ1) is 29.8. The van der Waals surface area contributed by atoms with E-state index >= 15 is 0 Å². The maximum atomic E-state index is 12.2. The zero-order valence-corrected chi connectivity index (χ0v) is 24.2. The molecular weight excluding hydrogens is 518 g/mol. The van der Waals surface area contributed by atoms with E-state index in [1.807, 2.05) is 44.3 Å². The zero-order valence-electron chi connectivity index (χ0n) is 22.6. The number of ether oxygens (including phenoxy) is 1. The van der Waals surface area contributed by atoms with Crippen molar-refractivity contribution in [2.24, 2.45) is 11.8 Å². The number of ketones is 1. The van der Waals surface area contributed by atoms with Crippen LogP contribution in [0, 0.1) is 18.8 Å². The van der Waals surface area contributed by atoms with Crippen LogP contribution in [-0.4, -0.2) is 38.9 Å². The highest BCUT2D eigenvalue weighted by molar-refractivity contribution is 9.10. The fourth-order valence-electron chi connectivity index (χ4n) is 4.41. The lowest BCUT2D eigenvalue weighted by molar-refractivity contribution is -0.121. The number of carbonyl (C=O) groups excluding carboxylic acids is 2. The Labute approximate surface area is 225 Å². The zero-order chi connectivity index (χ0) is 26.7. The fraction of sp³-hybridized carbons (Fsp3) is 0.517. The van der Waals surface area contributed by atoms with Crippen molar-refractivity contribution in [3.05, 3.63) is 51.5 Å². The number of likely N-dealkylation sites (N-methyl/N-ethyl adjacent to an activating group) is 1. The van der Waals surface area contributed by atoms with Gasteiger partial charge in [-0.2, -0.15) is 0 Å². The predicted molar refractivity (Wildman–Crippen MR) is 153 cm³/mol. The molecule has 198 valence electrons. The van der Waals surface area contributed by atoms with Crippen LogP contribution in [0.5, 0.6) is 5.75 Å². The van der Waals surface area contributed by atoms with Crippen LogP contribution in [0.1, 0.15) is 67.9 Å². The monoisotopic (exact) mass is 559 g/mol. The van der Waals surface area contributed by atoms with E-state index in [9.17, 15) is 9.59 Å². The largest absolute Gasteiger partial charge is 0.496 e. The summed E-state index contributed by atoms with van der Waals surface area (Å²) in [5, 5.41) is 9.37. The van der Waals surface area contributed by atoms with Gasteiger partial charge in [-0.15, -0.1) is 0 Å². The number of rotatable bonds is 9. The van der Waals surface area contributed by atoms with Crippen molar-refractivity contribution >= 4 is 39.0 Å². The van der Waals surface area contributed by atoms with Gasteiger partial charge in [0, 0.05) is 46.5 Å². The average Bonchev–Trinajstić information content (AvgIpc) is 2.85. The summed E-state index contributed by atoms with van der Waals surface area (Å²) in [6.07, 6.45) is 5.20. The quantitative estimate of drug-likeness (QED) is 0.238. The van der Waals surface area contributed by atoms with Gasteiger partial charge in [-0.05, 0) is 88.2 Å². The third-order valence-corrected chi connectivity index (χ3v) is 7.40. The van der Waals surface area contributed by atoms with Gasteiger partial charge >= 0.3 is 0 Å². The van der Waals surface area contributed by atoms with Gasteiger partial charge in [0.1, 0.15) is 5.75 Å². The van der Waals surface area contributed by atoms with Crippen molar-refractivity contribution in [3.8, 4) is 5.75 Å². The van der Waals surface area contributed by atoms with E-state index in [0.29, 0.717) is 0 Å². The van der Waals surface area contributed by atoms with E-state index in [0.717, 1.165) is 89.4 Å². The third kappa shape index (κ3) is 8.93. The van der Waals surface area contributed by atoms with Crippen molar-refractivity contribution in [1.82, 2.24) is 5.32 Å². The molecule has 0 unspecified atom stereocenters. The van der Waals surface area contributed by atoms with Gasteiger partial charge in [-0.25, -0.2) is 0 Å². The minimum Gasteiger partial charge on any atom is -0.496 e. The average molecular weight is 561 g/mol. The lowest BCUT2D eigenvalue weighted by Crippen LogP contribution is -2.26. The van der Waals surface area contributed by atoms with Gasteiger partial charge in [0.2, 0.25) is 5.91 Å². The number of benzene rings is 2. The van der Waals surface area contributed by atoms with Crippen molar-refractivity contribution in [1.29, 1.82) is 0 Å². The van der Waals surface area contributed by atoms with Crippen LogP contribution < -0.4 is 20.7 Å². The summed E-state index contributed by atoms with van der Waals surface area (Å²) in [5.74, 6) is 2.01. The lowest BCUT2D eigenvalue weighted by Gasteiger charge is -2.25. The second-order valence-electron chi connectivity index (χ2n) is 9.55. The number of hydrogen-bond acceptors (Lipinski definition) is 5. The molecule has 3 N–H and O–H groups in total. The molecule has 36 heavy (non-hydrogen) atoms. The SMILES string of the molecule is CCc1c(Br)cc(NCCNC)cc1C(C)=O.COc1cc(NC(=O)C2CCC(C)CC2)ccc1C. The van der Waals surface area contributed by atoms with Gasteiger partial charge in [0.15, 0.2) is 5.78 Å². The minimum atomic E-state index is 0.111. The number of aryl methyl sites for hydroxylation is 1. The van der Waals surface area contributed by atoms with Crippen LogP contribution in [0.4, 0.5) is 11.4 Å². The molecule has 3 rings (SSSR count). The van der Waals surface area contributed by atoms with Gasteiger partial charge in [-0.1, -0.05) is 35.8 Å². The second kappa shape index (κ2) is 15.0. The summed E-state index contributed by atoms with van der Waals surface area (Å²) in [5.41, 5.74) is 4.76. The molecule has 1 fully saturated rings. The van der Waals surface area contributed by atoms with Crippen LogP contribution in [0.25, 0.3) is 0 Å². The van der Waals surface area contributed by atoms with Crippen molar-refractivity contribution < 1.29 is 14.3 Å². The van der Waals surface area contributed by atoms with Gasteiger partial charge in [0.05, 0.1) is 7.11 Å². The molecule has 2 aromatic carbocycles. The number of anilines is 2. The van der Waals surface area contributed by atoms with Crippen molar-refractivity contribution in [2.45, 2.75) is 59.8 Å². The molecule has 2 aromatic rings. The molecule has 1 aliphatic rings. The predicted octanol–water partition coefficient (Wildman–Crippen LogP) is 6.61. The fourth-order valence-corrected chi connectivity index (χ4v) is 5.15. The van der Waals surface area contributed by atoms with E-state index in [1.165, 1.54) is 0 Å². The molecule has 1 saturated carbocycles. The highest BCUT2D eigenvalue weighted by Gasteiger charge is 2.24. The lowest BCUT2D eigenvalue weighted by atomic mass is 9.82. The summed E-state index contributed by atoms with van der Waals surface area (Å²) in [4.78, 5) is 23.8. The molecular formula is C29H42BrN3O3. The van der Waals surface area contributed by atoms with Crippen molar-refractivity contribution in [3.63, 3.8) is 0 Å². The summed E-state index contributed by atoms with van der Waals surface area (Å²) < 4.78 is 6.28. The Kier molecular flexibility index (Phi) is 12.4. The topological polar surface area (TPSA) is 79.5 Å². The van der Waals surface area contributed by atoms with Gasteiger partial charge < -0.3 is 20.7 Å². The Bertz CT molecular complexity index is 1020. The smallest absolute Gasteiger partial charge is 0.227 e. The van der Waals surface area contributed by atoms with Gasteiger partial charge in [-0.3, -0.25) is 9.59 Å². The molecule has 1 aliphatic carbocycles.